The molecule has 0 aliphatic heterocycles. The molecule has 0 spiro atoms. The SMILES string of the molecule is [B]C(Nc1cc(Cl)c2ncc(C#N)c(NCC(Cl)(Cl)Cl)c2c1)(c1ccc(F)cc1)c1cn(C2CC2)nn1. The first-order valence-electron chi connectivity index (χ1n) is 11.2. The van der Waals surface area contributed by atoms with Crippen molar-refractivity contribution in [2.45, 2.75) is 28.1 Å². The van der Waals surface area contributed by atoms with Crippen LogP contribution in [0, 0.1) is 17.1 Å². The molecule has 1 atom stereocenters. The standard InChI is InChI=1S/C24H17BCl4FN7/c25-24(14-1-3-15(30)4-2-14,20-11-37(36-35-20)17-5-6-17)34-16-7-18-21(33-12-23(27,28)29)13(9-31)10-32-22(18)19(26)8-16/h1-4,7-8,10-11,17,34H,5-6,12H2,(H,32,33). The molecule has 13 heteroatoms. The highest BCUT2D eigenvalue weighted by molar-refractivity contribution is 6.67. The zero-order valence-electron chi connectivity index (χ0n) is 19.0. The fraction of sp³-hybridized carbons (Fsp3) is 0.250. The highest BCUT2D eigenvalue weighted by atomic mass is 35.6. The summed E-state index contributed by atoms with van der Waals surface area (Å²) in [6, 6.07) is 11.5. The average molecular weight is 575 g/mol. The van der Waals surface area contributed by atoms with E-state index in [1.54, 1.807) is 35.1 Å². The van der Waals surface area contributed by atoms with Crippen molar-refractivity contribution >= 4 is 76.5 Å². The van der Waals surface area contributed by atoms with Gasteiger partial charge in [-0.2, -0.15) is 5.26 Å². The molecule has 1 saturated carbocycles. The lowest BCUT2D eigenvalue weighted by Gasteiger charge is -2.32. The van der Waals surface area contributed by atoms with E-state index in [1.807, 2.05) is 0 Å². The normalized spacial score (nSPS) is 15.2. The Morgan fingerprint density at radius 2 is 1.92 bits per heavy atom. The number of hydrogen-bond acceptors (Lipinski definition) is 6. The van der Waals surface area contributed by atoms with Crippen LogP contribution in [0.15, 0.2) is 48.8 Å². The van der Waals surface area contributed by atoms with Crippen LogP contribution in [0.2, 0.25) is 5.02 Å². The number of rotatable bonds is 7. The summed E-state index contributed by atoms with van der Waals surface area (Å²) in [5, 5.41) is 25.3. The van der Waals surface area contributed by atoms with Gasteiger partial charge in [0.2, 0.25) is 3.79 Å². The van der Waals surface area contributed by atoms with Gasteiger partial charge in [0, 0.05) is 17.3 Å². The average Bonchev–Trinajstić information content (AvgIpc) is 3.58. The van der Waals surface area contributed by atoms with E-state index in [0.717, 1.165) is 12.8 Å². The number of aromatic nitrogens is 4. The molecule has 0 amide bonds. The Labute approximate surface area is 233 Å². The first-order valence-corrected chi connectivity index (χ1v) is 12.7. The summed E-state index contributed by atoms with van der Waals surface area (Å²) in [5.41, 5.74) is 1.13. The van der Waals surface area contributed by atoms with E-state index in [9.17, 15) is 9.65 Å². The van der Waals surface area contributed by atoms with Crippen molar-refractivity contribution in [3.05, 3.63) is 76.5 Å². The van der Waals surface area contributed by atoms with Gasteiger partial charge in [-0.25, -0.2) is 9.07 Å². The minimum Gasteiger partial charge on any atom is -0.379 e. The number of nitrogens with one attached hydrogen (secondary N) is 2. The van der Waals surface area contributed by atoms with Crippen molar-refractivity contribution in [2.24, 2.45) is 0 Å². The minimum atomic E-state index is -1.61. The molecule has 2 N–H and O–H groups in total. The van der Waals surface area contributed by atoms with Crippen LogP contribution in [0.1, 0.15) is 35.7 Å². The third-order valence-electron chi connectivity index (χ3n) is 5.99. The Kier molecular flexibility index (Phi) is 6.88. The van der Waals surface area contributed by atoms with Gasteiger partial charge in [0.15, 0.2) is 0 Å². The second-order valence-electron chi connectivity index (χ2n) is 8.74. The van der Waals surface area contributed by atoms with E-state index in [0.29, 0.717) is 38.6 Å². The summed E-state index contributed by atoms with van der Waals surface area (Å²) in [4.78, 5) is 4.33. The number of nitriles is 1. The molecule has 1 fully saturated rings. The maximum absolute atomic E-state index is 13.7. The van der Waals surface area contributed by atoms with E-state index in [2.05, 4.69) is 32.0 Å². The molecule has 186 valence electrons. The molecule has 0 saturated heterocycles. The molecule has 1 aliphatic rings. The molecule has 2 aromatic heterocycles. The van der Waals surface area contributed by atoms with E-state index >= 15 is 0 Å². The number of anilines is 2. The lowest BCUT2D eigenvalue weighted by atomic mass is 9.69. The number of pyridine rings is 1. The number of hydrogen-bond donors (Lipinski definition) is 2. The monoisotopic (exact) mass is 573 g/mol. The summed E-state index contributed by atoms with van der Waals surface area (Å²) < 4.78 is 13.9. The van der Waals surface area contributed by atoms with Gasteiger partial charge >= 0.3 is 0 Å². The van der Waals surface area contributed by atoms with Gasteiger partial charge in [0.25, 0.3) is 0 Å². The van der Waals surface area contributed by atoms with Gasteiger partial charge in [-0.05, 0) is 42.7 Å². The number of fused-ring (bicyclic) bond motifs is 1. The van der Waals surface area contributed by atoms with Gasteiger partial charge in [-0.15, -0.1) is 5.10 Å². The number of nitrogens with zero attached hydrogens (tertiary/aromatic N) is 5. The second kappa shape index (κ2) is 9.84. The van der Waals surface area contributed by atoms with E-state index in [4.69, 9.17) is 54.3 Å². The van der Waals surface area contributed by atoms with Crippen molar-refractivity contribution in [2.75, 3.05) is 17.2 Å². The molecule has 2 aromatic carbocycles. The van der Waals surface area contributed by atoms with Crippen LogP contribution in [0.5, 0.6) is 0 Å². The Morgan fingerprint density at radius 1 is 1.19 bits per heavy atom. The van der Waals surface area contributed by atoms with Crippen molar-refractivity contribution in [1.29, 1.82) is 5.26 Å². The van der Waals surface area contributed by atoms with Gasteiger partial charge in [-0.1, -0.05) is 63.7 Å². The molecule has 37 heavy (non-hydrogen) atoms. The van der Waals surface area contributed by atoms with Gasteiger partial charge in [-0.3, -0.25) is 4.98 Å². The number of benzene rings is 2. The second-order valence-corrected chi connectivity index (χ2v) is 11.7. The highest BCUT2D eigenvalue weighted by Gasteiger charge is 2.34. The number of alkyl halides is 3. The molecule has 0 bridgehead atoms. The Balaban J connectivity index is 1.62. The summed E-state index contributed by atoms with van der Waals surface area (Å²) in [6.07, 6.45) is 5.20. The smallest absolute Gasteiger partial charge is 0.207 e. The van der Waals surface area contributed by atoms with Crippen molar-refractivity contribution < 1.29 is 4.39 Å². The van der Waals surface area contributed by atoms with Crippen LogP contribution in [0.25, 0.3) is 10.9 Å². The van der Waals surface area contributed by atoms with Crippen molar-refractivity contribution in [3.63, 3.8) is 0 Å². The van der Waals surface area contributed by atoms with Crippen LogP contribution < -0.4 is 10.6 Å². The summed E-state index contributed by atoms with van der Waals surface area (Å²) in [5.74, 6) is -0.402. The first kappa shape index (κ1) is 25.9. The lowest BCUT2D eigenvalue weighted by molar-refractivity contribution is 0.610. The molecule has 7 nitrogen and oxygen atoms in total. The first-order chi connectivity index (χ1) is 17.6. The Hall–Kier alpha value is -2.77. The van der Waals surface area contributed by atoms with Crippen molar-refractivity contribution in [1.82, 2.24) is 20.0 Å². The molecule has 5 rings (SSSR count). The summed E-state index contributed by atoms with van der Waals surface area (Å²) >= 11 is 24.4. The minimum absolute atomic E-state index is 0.0680. The molecular weight excluding hydrogens is 558 g/mol. The fourth-order valence-corrected chi connectivity index (χ4v) is 4.46. The van der Waals surface area contributed by atoms with Gasteiger partial charge in [0.05, 0.1) is 46.0 Å². The predicted molar refractivity (Wildman–Crippen MR) is 145 cm³/mol. The molecule has 4 aromatic rings. The maximum atomic E-state index is 13.7. The zero-order chi connectivity index (χ0) is 26.4. The van der Waals surface area contributed by atoms with Crippen LogP contribution in [-0.2, 0) is 5.44 Å². The quantitative estimate of drug-likeness (QED) is 0.205. The molecule has 2 radical (unpaired) electrons. The molecular formula is C24H17BCl4FN7. The van der Waals surface area contributed by atoms with Crippen LogP contribution in [-0.4, -0.2) is 38.2 Å². The van der Waals surface area contributed by atoms with Gasteiger partial charge < -0.3 is 10.6 Å². The molecule has 1 unspecified atom stereocenters. The third kappa shape index (κ3) is 5.44. The van der Waals surface area contributed by atoms with Crippen LogP contribution in [0.4, 0.5) is 15.8 Å². The fourth-order valence-electron chi connectivity index (χ4n) is 4.00. The van der Waals surface area contributed by atoms with E-state index in [1.165, 1.54) is 18.3 Å². The summed E-state index contributed by atoms with van der Waals surface area (Å²) in [7, 11) is 6.93. The third-order valence-corrected chi connectivity index (χ3v) is 6.68. The van der Waals surface area contributed by atoms with Crippen LogP contribution in [0.3, 0.4) is 0 Å². The topological polar surface area (TPSA) is 91.5 Å². The Morgan fingerprint density at radius 3 is 2.57 bits per heavy atom. The maximum Gasteiger partial charge on any atom is 0.207 e. The summed E-state index contributed by atoms with van der Waals surface area (Å²) in [6.45, 7) is -0.0680. The van der Waals surface area contributed by atoms with E-state index < -0.39 is 15.0 Å². The lowest BCUT2D eigenvalue weighted by Crippen LogP contribution is -2.37. The number of halogens is 5. The van der Waals surface area contributed by atoms with Gasteiger partial charge in [0.1, 0.15) is 25.4 Å². The van der Waals surface area contributed by atoms with Crippen molar-refractivity contribution in [3.8, 4) is 6.07 Å². The van der Waals surface area contributed by atoms with E-state index in [-0.39, 0.29) is 18.2 Å². The Bertz CT molecular complexity index is 1510. The predicted octanol–water partition coefficient (Wildman–Crippen LogP) is 6.09. The molecule has 1 aliphatic carbocycles. The zero-order valence-corrected chi connectivity index (χ0v) is 22.0. The highest BCUT2D eigenvalue weighted by Crippen LogP contribution is 2.39. The van der Waals surface area contributed by atoms with Crippen LogP contribution >= 0.6 is 46.4 Å². The largest absolute Gasteiger partial charge is 0.379 e. The molecule has 2 heterocycles.